The number of rotatable bonds is 14. The number of esters is 1. The maximum Gasteiger partial charge on any atom is 0.368 e. The van der Waals surface area contributed by atoms with Gasteiger partial charge in [0.15, 0.2) is 0 Å². The highest BCUT2D eigenvalue weighted by Crippen LogP contribution is 2.25. The van der Waals surface area contributed by atoms with Gasteiger partial charge in [-0.3, -0.25) is 4.72 Å². The van der Waals surface area contributed by atoms with Crippen molar-refractivity contribution < 1.29 is 32.3 Å². The number of sulfonamides is 1. The van der Waals surface area contributed by atoms with E-state index in [1.54, 1.807) is 53.2 Å². The van der Waals surface area contributed by atoms with E-state index >= 15 is 0 Å². The molecule has 2 heterocycles. The summed E-state index contributed by atoms with van der Waals surface area (Å²) in [6.07, 6.45) is 5.20. The number of ether oxygens (including phenoxy) is 2. The molecule has 0 amide bonds. The second-order valence-corrected chi connectivity index (χ2v) is 10.2. The van der Waals surface area contributed by atoms with Crippen LogP contribution in [0.15, 0.2) is 53.3 Å². The predicted octanol–water partition coefficient (Wildman–Crippen LogP) is 3.91. The van der Waals surface area contributed by atoms with Gasteiger partial charge in [0.2, 0.25) is 10.0 Å². The minimum Gasteiger partial charge on any atom is -0.462 e. The Hall–Kier alpha value is -3.44. The zero-order chi connectivity index (χ0) is 26.8. The molecule has 1 atom stereocenters. The van der Waals surface area contributed by atoms with Gasteiger partial charge in [-0.05, 0) is 50.1 Å². The number of anilines is 1. The van der Waals surface area contributed by atoms with Crippen molar-refractivity contribution in [3.05, 3.63) is 59.4 Å². The Bertz CT molecular complexity index is 1250. The molecule has 1 aliphatic heterocycles. The lowest BCUT2D eigenvalue weighted by Crippen LogP contribution is -2.23. The molecule has 37 heavy (non-hydrogen) atoms. The van der Waals surface area contributed by atoms with Gasteiger partial charge in [-0.2, -0.15) is 0 Å². The molecule has 1 aliphatic rings. The smallest absolute Gasteiger partial charge is 0.368 e. The maximum atomic E-state index is 12.7. The molecule has 1 aromatic carbocycles. The van der Waals surface area contributed by atoms with Gasteiger partial charge in [0, 0.05) is 29.7 Å². The highest BCUT2D eigenvalue weighted by Gasteiger charge is 2.28. The van der Waals surface area contributed by atoms with Crippen LogP contribution in [-0.4, -0.2) is 56.2 Å². The van der Waals surface area contributed by atoms with E-state index in [4.69, 9.17) is 14.3 Å². The molecule has 2 aromatic rings. The second-order valence-electron chi connectivity index (χ2n) is 8.36. The van der Waals surface area contributed by atoms with Crippen molar-refractivity contribution in [2.75, 3.05) is 30.3 Å². The first-order valence-electron chi connectivity index (χ1n) is 12.3. The normalized spacial score (nSPS) is 15.4. The Morgan fingerprint density at radius 1 is 1.16 bits per heavy atom. The molecule has 0 aliphatic carbocycles. The first-order chi connectivity index (χ1) is 17.8. The SMILES string of the molecule is CCCCS(=O)(=O)Nc1ccc(C2=NOC(=O)/C2=C\c2cccn2C(CC)C(=O)OCCOCC)cc1. The van der Waals surface area contributed by atoms with Crippen LogP contribution >= 0.6 is 0 Å². The average molecular weight is 532 g/mol. The first-order valence-corrected chi connectivity index (χ1v) is 14.0. The van der Waals surface area contributed by atoms with Crippen molar-refractivity contribution in [3.8, 4) is 0 Å². The minimum absolute atomic E-state index is 0.0473. The second kappa shape index (κ2) is 13.2. The molecule has 10 nitrogen and oxygen atoms in total. The number of benzene rings is 1. The number of carbonyl (C=O) groups is 2. The van der Waals surface area contributed by atoms with Crippen LogP contribution in [0.2, 0.25) is 0 Å². The maximum absolute atomic E-state index is 12.7. The van der Waals surface area contributed by atoms with Gasteiger partial charge in [-0.1, -0.05) is 37.6 Å². The van der Waals surface area contributed by atoms with Crippen molar-refractivity contribution in [2.45, 2.75) is 46.1 Å². The average Bonchev–Trinajstić information content (AvgIpc) is 3.48. The summed E-state index contributed by atoms with van der Waals surface area (Å²) in [6.45, 7) is 6.70. The lowest BCUT2D eigenvalue weighted by atomic mass is 10.0. The van der Waals surface area contributed by atoms with Gasteiger partial charge in [0.25, 0.3) is 0 Å². The molecule has 1 N–H and O–H groups in total. The summed E-state index contributed by atoms with van der Waals surface area (Å²) in [7, 11) is -3.43. The third-order valence-electron chi connectivity index (χ3n) is 5.67. The largest absolute Gasteiger partial charge is 0.462 e. The predicted molar refractivity (Wildman–Crippen MR) is 141 cm³/mol. The van der Waals surface area contributed by atoms with Crippen LogP contribution < -0.4 is 4.72 Å². The van der Waals surface area contributed by atoms with E-state index in [0.717, 1.165) is 6.42 Å². The monoisotopic (exact) mass is 531 g/mol. The van der Waals surface area contributed by atoms with Gasteiger partial charge in [-0.25, -0.2) is 18.0 Å². The van der Waals surface area contributed by atoms with Crippen molar-refractivity contribution >= 4 is 39.4 Å². The van der Waals surface area contributed by atoms with Gasteiger partial charge in [-0.15, -0.1) is 0 Å². The molecule has 0 bridgehead atoms. The standard InChI is InChI=1S/C26H33N3O7S/c1-4-7-17-37(32,33)28-20-12-10-19(11-13-20)24-22(25(30)36-27-24)18-21-9-8-14-29(21)23(5-2)26(31)35-16-15-34-6-3/h8-14,18,23,28H,4-7,15-17H2,1-3H3/b22-18-. The van der Waals surface area contributed by atoms with Crippen molar-refractivity contribution in [2.24, 2.45) is 5.16 Å². The third kappa shape index (κ3) is 7.53. The molecule has 0 fully saturated rings. The quantitative estimate of drug-likeness (QED) is 0.170. The number of carbonyl (C=O) groups excluding carboxylic acids is 2. The third-order valence-corrected chi connectivity index (χ3v) is 7.04. The van der Waals surface area contributed by atoms with E-state index in [0.29, 0.717) is 48.7 Å². The topological polar surface area (TPSA) is 125 Å². The van der Waals surface area contributed by atoms with E-state index in [2.05, 4.69) is 9.88 Å². The molecule has 200 valence electrons. The summed E-state index contributed by atoms with van der Waals surface area (Å²) in [6, 6.07) is 9.51. The molecular formula is C26H33N3O7S. The number of hydrogen-bond acceptors (Lipinski definition) is 8. The lowest BCUT2D eigenvalue weighted by Gasteiger charge is -2.18. The van der Waals surface area contributed by atoms with Crippen LogP contribution in [0.1, 0.15) is 57.3 Å². The minimum atomic E-state index is -3.43. The summed E-state index contributed by atoms with van der Waals surface area (Å²) in [4.78, 5) is 30.1. The van der Waals surface area contributed by atoms with Gasteiger partial charge < -0.3 is 18.9 Å². The summed E-state index contributed by atoms with van der Waals surface area (Å²) in [5.41, 5.74) is 2.13. The van der Waals surface area contributed by atoms with Gasteiger partial charge >= 0.3 is 11.9 Å². The van der Waals surface area contributed by atoms with Gasteiger partial charge in [0.1, 0.15) is 18.4 Å². The molecule has 3 rings (SSSR count). The van der Waals surface area contributed by atoms with Crippen molar-refractivity contribution in [3.63, 3.8) is 0 Å². The van der Waals surface area contributed by atoms with Crippen LogP contribution in [0, 0.1) is 0 Å². The van der Waals surface area contributed by atoms with E-state index in [1.165, 1.54) is 0 Å². The molecule has 0 radical (unpaired) electrons. The van der Waals surface area contributed by atoms with Crippen LogP contribution in [0.3, 0.4) is 0 Å². The zero-order valence-corrected chi connectivity index (χ0v) is 22.1. The Balaban J connectivity index is 1.79. The van der Waals surface area contributed by atoms with Gasteiger partial charge in [0.05, 0.1) is 17.9 Å². The number of hydrogen-bond donors (Lipinski definition) is 1. The van der Waals surface area contributed by atoms with Crippen LogP contribution in [0.25, 0.3) is 6.08 Å². The van der Waals surface area contributed by atoms with Crippen molar-refractivity contribution in [1.29, 1.82) is 0 Å². The fourth-order valence-corrected chi connectivity index (χ4v) is 5.02. The molecule has 0 saturated heterocycles. The zero-order valence-electron chi connectivity index (χ0n) is 21.3. The number of nitrogens with zero attached hydrogens (tertiary/aromatic N) is 2. The summed E-state index contributed by atoms with van der Waals surface area (Å²) >= 11 is 0. The van der Waals surface area contributed by atoms with Crippen LogP contribution in [0.4, 0.5) is 5.69 Å². The number of unbranched alkanes of at least 4 members (excludes halogenated alkanes) is 1. The molecule has 1 aromatic heterocycles. The number of aromatic nitrogens is 1. The summed E-state index contributed by atoms with van der Waals surface area (Å²) in [5, 5.41) is 3.93. The summed E-state index contributed by atoms with van der Waals surface area (Å²) in [5.74, 6) is -0.969. The molecule has 0 saturated carbocycles. The number of nitrogens with one attached hydrogen (secondary N) is 1. The van der Waals surface area contributed by atoms with E-state index < -0.39 is 28.0 Å². The highest BCUT2D eigenvalue weighted by molar-refractivity contribution is 7.92. The Morgan fingerprint density at radius 3 is 2.59 bits per heavy atom. The van der Waals surface area contributed by atoms with Crippen molar-refractivity contribution in [1.82, 2.24) is 4.57 Å². The number of oxime groups is 1. The van der Waals surface area contributed by atoms with Crippen LogP contribution in [0.5, 0.6) is 0 Å². The Labute approximate surface area is 217 Å². The van der Waals surface area contributed by atoms with E-state index in [-0.39, 0.29) is 17.9 Å². The Morgan fingerprint density at radius 2 is 1.92 bits per heavy atom. The molecule has 1 unspecified atom stereocenters. The first kappa shape index (κ1) is 28.1. The van der Waals surface area contributed by atoms with Crippen LogP contribution in [-0.2, 0) is 33.9 Å². The molecular weight excluding hydrogens is 498 g/mol. The molecule has 0 spiro atoms. The fraction of sp³-hybridized carbons (Fsp3) is 0.423. The lowest BCUT2D eigenvalue weighted by molar-refractivity contribution is -0.149. The Kier molecular flexibility index (Phi) is 10.0. The molecule has 11 heteroatoms. The fourth-order valence-electron chi connectivity index (χ4n) is 3.76. The summed E-state index contributed by atoms with van der Waals surface area (Å²) < 4.78 is 39.2. The van der Waals surface area contributed by atoms with E-state index in [9.17, 15) is 18.0 Å². The highest BCUT2D eigenvalue weighted by atomic mass is 32.2. The van der Waals surface area contributed by atoms with E-state index in [1.807, 2.05) is 20.8 Å².